The maximum absolute atomic E-state index is 13.6. The van der Waals surface area contributed by atoms with E-state index in [0.29, 0.717) is 0 Å². The van der Waals surface area contributed by atoms with Gasteiger partial charge in [0.1, 0.15) is 11.0 Å². The largest absolute Gasteiger partial charge is 0.249 e. The third-order valence-electron chi connectivity index (χ3n) is 5.99. The molecule has 1 saturated heterocycles. The lowest BCUT2D eigenvalue weighted by Crippen LogP contribution is -2.06. The molecule has 0 radical (unpaired) electrons. The maximum Gasteiger partial charge on any atom is 0.128 e. The zero-order chi connectivity index (χ0) is 22.9. The van der Waals surface area contributed by atoms with Crippen LogP contribution in [0.25, 0.3) is 0 Å². The van der Waals surface area contributed by atoms with Crippen LogP contribution in [0.15, 0.2) is 118 Å². The van der Waals surface area contributed by atoms with Gasteiger partial charge in [0, 0.05) is 9.79 Å². The van der Waals surface area contributed by atoms with E-state index in [-0.39, 0.29) is 12.1 Å². The summed E-state index contributed by atoms with van der Waals surface area (Å²) in [7, 11) is -2.65. The van der Waals surface area contributed by atoms with Gasteiger partial charge in [0.15, 0.2) is 0 Å². The van der Waals surface area contributed by atoms with Crippen LogP contribution >= 0.6 is 0 Å². The van der Waals surface area contributed by atoms with Gasteiger partial charge >= 0.3 is 0 Å². The smallest absolute Gasteiger partial charge is 0.128 e. The molecule has 0 spiro atoms. The van der Waals surface area contributed by atoms with Gasteiger partial charge in [0.25, 0.3) is 0 Å². The summed E-state index contributed by atoms with van der Waals surface area (Å²) < 4.78 is 29.2. The summed E-state index contributed by atoms with van der Waals surface area (Å²) in [6.07, 6.45) is 0. The summed E-state index contributed by atoms with van der Waals surface area (Å²) >= 11 is 0. The van der Waals surface area contributed by atoms with E-state index in [1.165, 1.54) is 0 Å². The highest BCUT2D eigenvalue weighted by atomic mass is 32.2. The second-order valence-corrected chi connectivity index (χ2v) is 11.2. The Morgan fingerprint density at radius 2 is 1.15 bits per heavy atom. The fourth-order valence-electron chi connectivity index (χ4n) is 4.16. The van der Waals surface area contributed by atoms with E-state index in [2.05, 4.69) is 12.1 Å². The molecule has 166 valence electrons. The molecule has 1 fully saturated rings. The fourth-order valence-corrected chi connectivity index (χ4v) is 6.84. The third kappa shape index (κ3) is 4.36. The zero-order valence-corrected chi connectivity index (χ0v) is 20.2. The van der Waals surface area contributed by atoms with Gasteiger partial charge in [0.2, 0.25) is 0 Å². The van der Waals surface area contributed by atoms with Crippen LogP contribution in [0.2, 0.25) is 0 Å². The van der Waals surface area contributed by atoms with Crippen molar-refractivity contribution in [2.45, 2.75) is 40.6 Å². The second kappa shape index (κ2) is 9.18. The monoisotopic (exact) mass is 471 g/mol. The highest BCUT2D eigenvalue weighted by molar-refractivity contribution is 7.85. The van der Waals surface area contributed by atoms with Crippen LogP contribution in [0.4, 0.5) is 0 Å². The van der Waals surface area contributed by atoms with Crippen molar-refractivity contribution in [1.29, 1.82) is 0 Å². The van der Waals surface area contributed by atoms with E-state index in [1.807, 2.05) is 109 Å². The second-order valence-electron chi connectivity index (χ2n) is 8.34. The molecule has 1 heterocycles. The molecular weight excluding hydrogens is 446 g/mol. The molecule has 1 aliphatic rings. The van der Waals surface area contributed by atoms with Crippen molar-refractivity contribution in [3.05, 3.63) is 125 Å². The molecule has 0 bridgehead atoms. The van der Waals surface area contributed by atoms with Gasteiger partial charge in [-0.2, -0.15) is 0 Å². The Bertz CT molecular complexity index is 1320. The Morgan fingerprint density at radius 1 is 0.606 bits per heavy atom. The summed E-state index contributed by atoms with van der Waals surface area (Å²) in [4.78, 5) is 2.33. The molecule has 3 unspecified atom stereocenters. The van der Waals surface area contributed by atoms with Gasteiger partial charge in [-0.3, -0.25) is 0 Å². The molecule has 0 saturated carbocycles. The van der Waals surface area contributed by atoms with E-state index in [0.717, 1.165) is 36.9 Å². The molecule has 0 aromatic heterocycles. The van der Waals surface area contributed by atoms with Crippen LogP contribution in [0, 0.1) is 13.8 Å². The van der Waals surface area contributed by atoms with Crippen molar-refractivity contribution in [3.63, 3.8) is 0 Å². The Morgan fingerprint density at radius 3 is 1.79 bits per heavy atom. The molecule has 0 aliphatic carbocycles. The number of benzene rings is 4. The Balaban J connectivity index is 1.55. The van der Waals surface area contributed by atoms with Crippen LogP contribution in [0.1, 0.15) is 34.3 Å². The number of aryl methyl sites for hydroxylation is 2. The molecule has 0 amide bonds. The first-order chi connectivity index (χ1) is 16.0. The van der Waals surface area contributed by atoms with Crippen LogP contribution in [-0.2, 0) is 21.8 Å². The van der Waals surface area contributed by atoms with Crippen molar-refractivity contribution in [2.24, 2.45) is 0 Å². The lowest BCUT2D eigenvalue weighted by atomic mass is 10.0. The Kier molecular flexibility index (Phi) is 6.11. The topological polar surface area (TPSA) is 37.1 Å². The Labute approximate surface area is 200 Å². The van der Waals surface area contributed by atoms with Crippen LogP contribution in [0.5, 0.6) is 0 Å². The van der Waals surface area contributed by atoms with Gasteiger partial charge in [-0.25, -0.2) is 12.7 Å². The molecule has 0 N–H and O–H groups in total. The number of hydrogen-bond donors (Lipinski definition) is 0. The van der Waals surface area contributed by atoms with Gasteiger partial charge in [0.05, 0.1) is 27.8 Å². The predicted molar refractivity (Wildman–Crippen MR) is 134 cm³/mol. The molecule has 5 atom stereocenters. The number of rotatable bonds is 6. The average Bonchev–Trinajstić information content (AvgIpc) is 3.60. The SMILES string of the molecule is Cc1ccc(S(=O)c2ccccc2[C@H]2[C@@H](c3ccccc3)N2S(=O)c2ccc(C)cc2)cc1. The van der Waals surface area contributed by atoms with Gasteiger partial charge in [-0.05, 0) is 55.3 Å². The van der Waals surface area contributed by atoms with Crippen LogP contribution in [0.3, 0.4) is 0 Å². The first kappa shape index (κ1) is 22.0. The first-order valence-electron chi connectivity index (χ1n) is 10.9. The Hall–Kier alpha value is -2.86. The molecule has 4 aromatic carbocycles. The van der Waals surface area contributed by atoms with Gasteiger partial charge in [-0.15, -0.1) is 0 Å². The normalized spacial score (nSPS) is 21.3. The van der Waals surface area contributed by atoms with Crippen molar-refractivity contribution < 1.29 is 8.42 Å². The predicted octanol–water partition coefficient (Wildman–Crippen LogP) is 6.29. The van der Waals surface area contributed by atoms with E-state index < -0.39 is 21.8 Å². The van der Waals surface area contributed by atoms with E-state index >= 15 is 0 Å². The molecule has 33 heavy (non-hydrogen) atoms. The molecule has 1 aliphatic heterocycles. The van der Waals surface area contributed by atoms with E-state index in [9.17, 15) is 8.42 Å². The molecule has 3 nitrogen and oxygen atoms in total. The summed E-state index contributed by atoms with van der Waals surface area (Å²) in [5.41, 5.74) is 4.34. The van der Waals surface area contributed by atoms with E-state index in [4.69, 9.17) is 0 Å². The lowest BCUT2D eigenvalue weighted by molar-refractivity contribution is 0.637. The number of hydrogen-bond acceptors (Lipinski definition) is 2. The molecule has 5 heteroatoms. The quantitative estimate of drug-likeness (QED) is 0.310. The highest BCUT2D eigenvalue weighted by Gasteiger charge is 2.54. The minimum Gasteiger partial charge on any atom is -0.249 e. The summed E-state index contributed by atoms with van der Waals surface area (Å²) in [5, 5.41) is 0. The van der Waals surface area contributed by atoms with Crippen molar-refractivity contribution >= 4 is 21.8 Å². The summed E-state index contributed by atoms with van der Waals surface area (Å²) in [6.45, 7) is 4.05. The van der Waals surface area contributed by atoms with Crippen molar-refractivity contribution in [2.75, 3.05) is 0 Å². The summed E-state index contributed by atoms with van der Waals surface area (Å²) in [6, 6.07) is 33.5. The van der Waals surface area contributed by atoms with Crippen LogP contribution < -0.4 is 0 Å². The maximum atomic E-state index is 13.6. The van der Waals surface area contributed by atoms with Gasteiger partial charge < -0.3 is 0 Å². The minimum absolute atomic E-state index is 0.0375. The minimum atomic E-state index is -1.33. The first-order valence-corrected chi connectivity index (χ1v) is 13.2. The average molecular weight is 472 g/mol. The molecule has 5 rings (SSSR count). The van der Waals surface area contributed by atoms with E-state index in [1.54, 1.807) is 0 Å². The molecular formula is C28H25NO2S2. The van der Waals surface area contributed by atoms with Crippen LogP contribution in [-0.4, -0.2) is 12.7 Å². The summed E-state index contributed by atoms with van der Waals surface area (Å²) in [5.74, 6) is 0. The fraction of sp³-hybridized carbons (Fsp3) is 0.143. The van der Waals surface area contributed by atoms with Crippen molar-refractivity contribution in [3.8, 4) is 0 Å². The third-order valence-corrected chi connectivity index (χ3v) is 8.97. The lowest BCUT2D eigenvalue weighted by Gasteiger charge is -2.10. The molecule has 4 aromatic rings. The number of nitrogens with zero attached hydrogens (tertiary/aromatic N) is 1. The van der Waals surface area contributed by atoms with Crippen molar-refractivity contribution in [1.82, 2.24) is 4.31 Å². The van der Waals surface area contributed by atoms with Gasteiger partial charge in [-0.1, -0.05) is 83.9 Å². The standard InChI is InChI=1S/C28H25NO2S2/c1-20-12-16-23(17-13-20)32(30)26-11-7-6-10-25(26)28-27(22-8-4-3-5-9-22)29(28)33(31)24-18-14-21(2)15-19-24/h3-19,27-28H,1-2H3/t27-,28+,29?,32?,33?/m1/s1. The highest BCUT2D eigenvalue weighted by Crippen LogP contribution is 2.57. The zero-order valence-electron chi connectivity index (χ0n) is 18.5.